The van der Waals surface area contributed by atoms with Crippen LogP contribution in [0.1, 0.15) is 24.9 Å². The summed E-state index contributed by atoms with van der Waals surface area (Å²) in [4.78, 5) is 0. The van der Waals surface area contributed by atoms with Gasteiger partial charge in [0.05, 0.1) is 12.2 Å². The van der Waals surface area contributed by atoms with Crippen LogP contribution in [0.4, 0.5) is 0 Å². The zero-order chi connectivity index (χ0) is 9.84. The number of rotatable bonds is 3. The van der Waals surface area contributed by atoms with E-state index in [0.717, 1.165) is 5.56 Å². The van der Waals surface area contributed by atoms with E-state index in [1.807, 2.05) is 20.0 Å². The molecule has 1 atom stereocenters. The van der Waals surface area contributed by atoms with Crippen LogP contribution in [0, 0.1) is 6.92 Å². The predicted octanol–water partition coefficient (Wildman–Crippen LogP) is 0.889. The molecule has 5 heteroatoms. The van der Waals surface area contributed by atoms with E-state index >= 15 is 0 Å². The van der Waals surface area contributed by atoms with E-state index in [0.29, 0.717) is 6.42 Å². The van der Waals surface area contributed by atoms with Gasteiger partial charge in [-0.2, -0.15) is 5.10 Å². The fraction of sp³-hybridized carbons (Fsp3) is 0.500. The van der Waals surface area contributed by atoms with Gasteiger partial charge in [0.1, 0.15) is 5.84 Å². The number of nitrogens with zero attached hydrogens (tertiary/aromatic N) is 3. The summed E-state index contributed by atoms with van der Waals surface area (Å²) in [5.74, 6) is 0.223. The van der Waals surface area contributed by atoms with Crippen molar-refractivity contribution in [2.45, 2.75) is 26.3 Å². The molecule has 0 radical (unpaired) electrons. The second-order valence-electron chi connectivity index (χ2n) is 3.14. The summed E-state index contributed by atoms with van der Waals surface area (Å²) in [5.41, 5.74) is 6.48. The van der Waals surface area contributed by atoms with Gasteiger partial charge in [-0.3, -0.25) is 4.68 Å². The van der Waals surface area contributed by atoms with Gasteiger partial charge < -0.3 is 10.9 Å². The number of aromatic nitrogens is 2. The maximum Gasteiger partial charge on any atom is 0.141 e. The van der Waals surface area contributed by atoms with Crippen molar-refractivity contribution in [2.75, 3.05) is 0 Å². The van der Waals surface area contributed by atoms with E-state index in [9.17, 15) is 0 Å². The Hall–Kier alpha value is -1.52. The number of aryl methyl sites for hydroxylation is 1. The summed E-state index contributed by atoms with van der Waals surface area (Å²) in [6.07, 6.45) is 4.20. The Morgan fingerprint density at radius 2 is 2.54 bits per heavy atom. The Morgan fingerprint density at radius 1 is 1.85 bits per heavy atom. The monoisotopic (exact) mass is 182 g/mol. The van der Waals surface area contributed by atoms with Crippen molar-refractivity contribution in [3.8, 4) is 0 Å². The van der Waals surface area contributed by atoms with Gasteiger partial charge in [-0.1, -0.05) is 5.16 Å². The topological polar surface area (TPSA) is 76.4 Å². The molecule has 0 unspecified atom stereocenters. The van der Waals surface area contributed by atoms with E-state index in [-0.39, 0.29) is 11.9 Å². The molecule has 0 aliphatic carbocycles. The van der Waals surface area contributed by atoms with Crippen LogP contribution in [-0.2, 0) is 0 Å². The van der Waals surface area contributed by atoms with E-state index in [4.69, 9.17) is 10.9 Å². The molecular formula is C8H14N4O. The van der Waals surface area contributed by atoms with Crippen LogP contribution >= 0.6 is 0 Å². The molecule has 1 rings (SSSR count). The summed E-state index contributed by atoms with van der Waals surface area (Å²) >= 11 is 0. The SMILES string of the molecule is Cc1cnn([C@H](C)C/C(N)=N/O)c1. The van der Waals surface area contributed by atoms with Crippen molar-refractivity contribution in [3.05, 3.63) is 18.0 Å². The maximum absolute atomic E-state index is 8.37. The Bertz CT molecular complexity index is 305. The highest BCUT2D eigenvalue weighted by Gasteiger charge is 2.07. The van der Waals surface area contributed by atoms with Crippen LogP contribution in [-0.4, -0.2) is 20.8 Å². The molecule has 0 aliphatic heterocycles. The van der Waals surface area contributed by atoms with Crippen molar-refractivity contribution in [1.29, 1.82) is 0 Å². The molecule has 72 valence electrons. The van der Waals surface area contributed by atoms with Gasteiger partial charge in [-0.15, -0.1) is 0 Å². The van der Waals surface area contributed by atoms with E-state index < -0.39 is 0 Å². The van der Waals surface area contributed by atoms with E-state index in [2.05, 4.69) is 10.3 Å². The first-order valence-electron chi connectivity index (χ1n) is 4.10. The van der Waals surface area contributed by atoms with Gasteiger partial charge in [0, 0.05) is 12.6 Å². The van der Waals surface area contributed by atoms with Gasteiger partial charge in [-0.05, 0) is 19.4 Å². The smallest absolute Gasteiger partial charge is 0.141 e. The maximum atomic E-state index is 8.37. The van der Waals surface area contributed by atoms with Crippen molar-refractivity contribution < 1.29 is 5.21 Å². The van der Waals surface area contributed by atoms with Crippen molar-refractivity contribution >= 4 is 5.84 Å². The minimum Gasteiger partial charge on any atom is -0.409 e. The molecule has 0 aromatic carbocycles. The molecule has 1 heterocycles. The van der Waals surface area contributed by atoms with Crippen molar-refractivity contribution in [2.24, 2.45) is 10.9 Å². The average Bonchev–Trinajstić information content (AvgIpc) is 2.51. The average molecular weight is 182 g/mol. The minimum atomic E-state index is 0.115. The highest BCUT2D eigenvalue weighted by Crippen LogP contribution is 2.09. The zero-order valence-corrected chi connectivity index (χ0v) is 7.81. The Balaban J connectivity index is 2.63. The largest absolute Gasteiger partial charge is 0.409 e. The zero-order valence-electron chi connectivity index (χ0n) is 7.81. The molecule has 0 spiro atoms. The van der Waals surface area contributed by atoms with Crippen LogP contribution < -0.4 is 5.73 Å². The molecular weight excluding hydrogens is 168 g/mol. The molecule has 0 saturated carbocycles. The second kappa shape index (κ2) is 3.93. The molecule has 0 saturated heterocycles. The summed E-state index contributed by atoms with van der Waals surface area (Å²) in [7, 11) is 0. The standard InChI is InChI=1S/C8H14N4O/c1-6-4-10-12(5-6)7(2)3-8(9)11-13/h4-5,7,13H,3H2,1-2H3,(H2,9,11)/t7-/m1/s1. The first kappa shape index (κ1) is 9.57. The highest BCUT2D eigenvalue weighted by molar-refractivity contribution is 5.79. The van der Waals surface area contributed by atoms with Gasteiger partial charge >= 0.3 is 0 Å². The van der Waals surface area contributed by atoms with Crippen LogP contribution in [0.25, 0.3) is 0 Å². The molecule has 1 aromatic rings. The lowest BCUT2D eigenvalue weighted by molar-refractivity contribution is 0.315. The first-order valence-corrected chi connectivity index (χ1v) is 4.10. The lowest BCUT2D eigenvalue weighted by atomic mass is 10.2. The van der Waals surface area contributed by atoms with Gasteiger partial charge in [-0.25, -0.2) is 0 Å². The summed E-state index contributed by atoms with van der Waals surface area (Å²) in [6.45, 7) is 3.93. The number of nitrogens with two attached hydrogens (primary N) is 1. The fourth-order valence-electron chi connectivity index (χ4n) is 1.11. The predicted molar refractivity (Wildman–Crippen MR) is 49.7 cm³/mol. The third-order valence-corrected chi connectivity index (χ3v) is 1.82. The number of oxime groups is 1. The van der Waals surface area contributed by atoms with E-state index in [1.165, 1.54) is 0 Å². The minimum absolute atomic E-state index is 0.115. The molecule has 5 nitrogen and oxygen atoms in total. The molecule has 0 amide bonds. The Labute approximate surface area is 76.8 Å². The van der Waals surface area contributed by atoms with Crippen LogP contribution in [0.3, 0.4) is 0 Å². The van der Waals surface area contributed by atoms with Crippen LogP contribution in [0.5, 0.6) is 0 Å². The summed E-state index contributed by atoms with van der Waals surface area (Å²) in [6, 6.07) is 0.115. The normalized spacial score (nSPS) is 14.5. The van der Waals surface area contributed by atoms with Gasteiger partial charge in [0.25, 0.3) is 0 Å². The summed E-state index contributed by atoms with van der Waals surface area (Å²) < 4.78 is 1.80. The van der Waals surface area contributed by atoms with Crippen molar-refractivity contribution in [3.63, 3.8) is 0 Å². The lowest BCUT2D eigenvalue weighted by Crippen LogP contribution is -2.18. The van der Waals surface area contributed by atoms with Crippen LogP contribution in [0.2, 0.25) is 0 Å². The second-order valence-corrected chi connectivity index (χ2v) is 3.14. The number of hydrogen-bond acceptors (Lipinski definition) is 3. The first-order chi connectivity index (χ1) is 6.13. The Morgan fingerprint density at radius 3 is 3.00 bits per heavy atom. The molecule has 13 heavy (non-hydrogen) atoms. The molecule has 0 bridgehead atoms. The molecule has 3 N–H and O–H groups in total. The number of hydrogen-bond donors (Lipinski definition) is 2. The quantitative estimate of drug-likeness (QED) is 0.315. The fourth-order valence-corrected chi connectivity index (χ4v) is 1.11. The highest BCUT2D eigenvalue weighted by atomic mass is 16.4. The number of amidine groups is 1. The third-order valence-electron chi connectivity index (χ3n) is 1.82. The van der Waals surface area contributed by atoms with Gasteiger partial charge in [0.15, 0.2) is 0 Å². The van der Waals surface area contributed by atoms with Crippen molar-refractivity contribution in [1.82, 2.24) is 9.78 Å². The summed E-state index contributed by atoms with van der Waals surface area (Å²) in [5, 5.41) is 15.4. The Kier molecular flexibility index (Phi) is 2.89. The van der Waals surface area contributed by atoms with Gasteiger partial charge in [0.2, 0.25) is 0 Å². The molecule has 1 aromatic heterocycles. The van der Waals surface area contributed by atoms with E-state index in [1.54, 1.807) is 10.9 Å². The molecule has 0 fully saturated rings. The third kappa shape index (κ3) is 2.47. The van der Waals surface area contributed by atoms with Crippen LogP contribution in [0.15, 0.2) is 17.5 Å². The lowest BCUT2D eigenvalue weighted by Gasteiger charge is -2.10. The molecule has 0 aliphatic rings.